The molecule has 1 radical (unpaired) electrons. The fourth-order valence-electron chi connectivity index (χ4n) is 6.21. The summed E-state index contributed by atoms with van der Waals surface area (Å²) >= 11 is 0. The Balaban J connectivity index is 0.000000173. The number of pyridine rings is 2. The minimum Gasteiger partial charge on any atom is -0.500 e. The van der Waals surface area contributed by atoms with E-state index in [1.807, 2.05) is 73.1 Å². The zero-order valence-corrected chi connectivity index (χ0v) is 31.2. The Labute approximate surface area is 312 Å². The van der Waals surface area contributed by atoms with Crippen molar-refractivity contribution in [2.45, 2.75) is 33.6 Å². The second-order valence-electron chi connectivity index (χ2n) is 13.7. The van der Waals surface area contributed by atoms with Gasteiger partial charge >= 0.3 is 0 Å². The molecule has 0 aliphatic carbocycles. The number of para-hydroxylation sites is 1. The van der Waals surface area contributed by atoms with E-state index >= 15 is 0 Å². The minimum absolute atomic E-state index is 0. The van der Waals surface area contributed by atoms with Gasteiger partial charge in [0.05, 0.1) is 5.58 Å². The summed E-state index contributed by atoms with van der Waals surface area (Å²) in [4.78, 5) is 9.15. The first-order chi connectivity index (χ1) is 24.3. The average Bonchev–Trinajstić information content (AvgIpc) is 3.51. The van der Waals surface area contributed by atoms with Crippen molar-refractivity contribution in [3.8, 4) is 33.6 Å². The summed E-state index contributed by atoms with van der Waals surface area (Å²) < 4.78 is 19.1. The molecule has 0 N–H and O–H groups in total. The number of nitrogens with zero attached hydrogens (tertiary/aromatic N) is 2. The number of furan rings is 1. The van der Waals surface area contributed by atoms with Gasteiger partial charge in [-0.2, -0.15) is 0 Å². The maximum absolute atomic E-state index is 13.2. The van der Waals surface area contributed by atoms with E-state index < -0.39 is 0 Å². The molecule has 0 unspecified atom stereocenters. The molecule has 0 atom stereocenters. The molecule has 3 aromatic heterocycles. The second kappa shape index (κ2) is 15.8. The van der Waals surface area contributed by atoms with Gasteiger partial charge in [-0.25, -0.2) is 0 Å². The van der Waals surface area contributed by atoms with Crippen molar-refractivity contribution < 1.29 is 28.9 Å². The van der Waals surface area contributed by atoms with Crippen LogP contribution < -0.4 is 0 Å². The van der Waals surface area contributed by atoms with Gasteiger partial charge < -0.3 is 14.4 Å². The fraction of sp³-hybridized carbons (Fsp3) is 0.130. The summed E-state index contributed by atoms with van der Waals surface area (Å²) in [6.07, 6.45) is 5.63. The molecule has 3 heterocycles. The Morgan fingerprint density at radius 1 is 0.647 bits per heavy atom. The Hall–Kier alpha value is -5.22. The molecule has 51 heavy (non-hydrogen) atoms. The zero-order valence-electron chi connectivity index (χ0n) is 28.8. The number of halogens is 1. The van der Waals surface area contributed by atoms with Gasteiger partial charge in [0.1, 0.15) is 5.58 Å². The van der Waals surface area contributed by atoms with Crippen LogP contribution >= 0.6 is 0 Å². The zero-order chi connectivity index (χ0) is 34.5. The largest absolute Gasteiger partial charge is 0.500 e. The molecule has 5 heteroatoms. The predicted molar refractivity (Wildman–Crippen MR) is 202 cm³/mol. The summed E-state index contributed by atoms with van der Waals surface area (Å²) in [5, 5.41) is 2.25. The van der Waals surface area contributed by atoms with Crippen molar-refractivity contribution in [3.63, 3.8) is 0 Å². The molecule has 255 valence electrons. The van der Waals surface area contributed by atoms with Crippen molar-refractivity contribution in [3.05, 3.63) is 180 Å². The Bertz CT molecular complexity index is 2360. The van der Waals surface area contributed by atoms with E-state index in [4.69, 9.17) is 4.42 Å². The van der Waals surface area contributed by atoms with Crippen LogP contribution in [0, 0.1) is 23.4 Å². The third kappa shape index (κ3) is 8.75. The third-order valence-electron chi connectivity index (χ3n) is 8.51. The summed E-state index contributed by atoms with van der Waals surface area (Å²) in [5.74, 6) is -0.292. The van der Waals surface area contributed by atoms with E-state index in [-0.39, 0.29) is 31.3 Å². The van der Waals surface area contributed by atoms with Crippen LogP contribution in [-0.2, 0) is 32.9 Å². The van der Waals surface area contributed by atoms with Gasteiger partial charge in [-0.05, 0) is 58.5 Å². The van der Waals surface area contributed by atoms with Crippen LogP contribution in [0.3, 0.4) is 0 Å². The Kier molecular flexibility index (Phi) is 11.0. The van der Waals surface area contributed by atoms with Crippen LogP contribution in [0.15, 0.2) is 150 Å². The smallest absolute Gasteiger partial charge is 0.120 e. The molecule has 0 bridgehead atoms. The van der Waals surface area contributed by atoms with Crippen LogP contribution in [0.2, 0.25) is 0 Å². The number of fused-ring (bicyclic) bond motifs is 3. The van der Waals surface area contributed by atoms with Gasteiger partial charge in [0, 0.05) is 49.3 Å². The molecule has 0 saturated carbocycles. The van der Waals surface area contributed by atoms with E-state index in [1.54, 1.807) is 6.07 Å². The molecule has 0 saturated heterocycles. The van der Waals surface area contributed by atoms with Gasteiger partial charge in [0.15, 0.2) is 0 Å². The van der Waals surface area contributed by atoms with E-state index in [0.717, 1.165) is 68.4 Å². The Morgan fingerprint density at radius 2 is 1.35 bits per heavy atom. The standard InChI is InChI=1S/C24H17FN.C22H20NO.Ir/c25-22-13-11-20(12-14-22)24-16-21(15-18-7-3-1-4-8-18)23(17-26-24)19-9-5-2-6-10-19;1-22(2,3)14-15-10-11-23-19(12-15)16-8-9-21-18(13-16)17-6-4-5-7-20(17)24-21;/h1-11,13-14,16-17H,15H2;4-7,9-13H,14H2,1-3H3;/q2*-1;. The maximum atomic E-state index is 13.2. The van der Waals surface area contributed by atoms with Crippen molar-refractivity contribution in [2.24, 2.45) is 5.41 Å². The molecular weight excluding hydrogens is 808 g/mol. The summed E-state index contributed by atoms with van der Waals surface area (Å²) in [6.45, 7) is 6.76. The van der Waals surface area contributed by atoms with Gasteiger partial charge in [0.25, 0.3) is 0 Å². The van der Waals surface area contributed by atoms with Crippen LogP contribution in [0.1, 0.15) is 37.5 Å². The second-order valence-corrected chi connectivity index (χ2v) is 13.7. The number of rotatable bonds is 6. The molecule has 0 fully saturated rings. The number of hydrogen-bond acceptors (Lipinski definition) is 3. The molecule has 8 rings (SSSR count). The molecule has 5 aromatic carbocycles. The van der Waals surface area contributed by atoms with E-state index in [0.29, 0.717) is 0 Å². The molecule has 0 aliphatic rings. The summed E-state index contributed by atoms with van der Waals surface area (Å²) in [5.41, 5.74) is 11.6. The van der Waals surface area contributed by atoms with E-state index in [9.17, 15) is 4.39 Å². The van der Waals surface area contributed by atoms with Crippen molar-refractivity contribution in [1.82, 2.24) is 9.97 Å². The molecular formula is C46H37FIrN2O-2. The monoisotopic (exact) mass is 845 g/mol. The normalized spacial score (nSPS) is 11.1. The van der Waals surface area contributed by atoms with Crippen molar-refractivity contribution >= 4 is 21.9 Å². The number of hydrogen-bond donors (Lipinski definition) is 0. The van der Waals surface area contributed by atoms with E-state index in [1.165, 1.54) is 28.8 Å². The van der Waals surface area contributed by atoms with Gasteiger partial charge in [-0.3, -0.25) is 4.39 Å². The molecule has 0 aliphatic heterocycles. The predicted octanol–water partition coefficient (Wildman–Crippen LogP) is 12.0. The minimum atomic E-state index is -0.292. The summed E-state index contributed by atoms with van der Waals surface area (Å²) in [6, 6.07) is 49.9. The van der Waals surface area contributed by atoms with Crippen LogP contribution in [0.5, 0.6) is 0 Å². The van der Waals surface area contributed by atoms with E-state index in [2.05, 4.69) is 97.5 Å². The van der Waals surface area contributed by atoms with Crippen LogP contribution in [-0.4, -0.2) is 9.97 Å². The SMILES string of the molecule is CC(C)(C)Cc1ccnc(-c2[c-]cc3oc4ccccc4c3c2)c1.Fc1c[c-]c(-c2cc(Cc3ccccc3)c(-c3ccccc3)cn2)cc1.[Ir]. The topological polar surface area (TPSA) is 38.9 Å². The quantitative estimate of drug-likeness (QED) is 0.157. The number of benzene rings is 5. The maximum Gasteiger partial charge on any atom is 0.120 e. The first-order valence-corrected chi connectivity index (χ1v) is 16.8. The van der Waals surface area contributed by atoms with Crippen molar-refractivity contribution in [2.75, 3.05) is 0 Å². The first kappa shape index (κ1) is 35.6. The number of aromatic nitrogens is 2. The molecule has 0 spiro atoms. The van der Waals surface area contributed by atoms with Gasteiger partial charge in [0.2, 0.25) is 0 Å². The van der Waals surface area contributed by atoms with Gasteiger partial charge in [-0.1, -0.05) is 123 Å². The third-order valence-corrected chi connectivity index (χ3v) is 8.51. The van der Waals surface area contributed by atoms with Gasteiger partial charge in [-0.15, -0.1) is 53.6 Å². The average molecular weight is 845 g/mol. The molecule has 8 aromatic rings. The van der Waals surface area contributed by atoms with Crippen LogP contribution in [0.4, 0.5) is 4.39 Å². The Morgan fingerprint density at radius 3 is 2.10 bits per heavy atom. The molecule has 3 nitrogen and oxygen atoms in total. The summed E-state index contributed by atoms with van der Waals surface area (Å²) in [7, 11) is 0. The molecule has 0 amide bonds. The first-order valence-electron chi connectivity index (χ1n) is 16.8. The fourth-order valence-corrected chi connectivity index (χ4v) is 6.21. The van der Waals surface area contributed by atoms with Crippen LogP contribution in [0.25, 0.3) is 55.6 Å². The van der Waals surface area contributed by atoms with Crippen molar-refractivity contribution in [1.29, 1.82) is 0 Å².